The number of imidazole rings is 1. The van der Waals surface area contributed by atoms with Crippen molar-refractivity contribution >= 4 is 11.9 Å². The van der Waals surface area contributed by atoms with Crippen LogP contribution >= 0.6 is 0 Å². The number of carboxylic acids is 1. The van der Waals surface area contributed by atoms with Gasteiger partial charge < -0.3 is 24.8 Å². The number of aliphatic hydroxyl groups is 2. The van der Waals surface area contributed by atoms with Gasteiger partial charge in [0.25, 0.3) is 5.91 Å². The fourth-order valence-electron chi connectivity index (χ4n) is 4.54. The van der Waals surface area contributed by atoms with Gasteiger partial charge in [0.1, 0.15) is 11.6 Å². The van der Waals surface area contributed by atoms with Gasteiger partial charge in [-0.05, 0) is 55.5 Å². The average Bonchev–Trinajstić information content (AvgIpc) is 3.63. The smallest absolute Gasteiger partial charge is 0.305 e. The molecule has 3 aromatic rings. The first kappa shape index (κ1) is 26.5. The van der Waals surface area contributed by atoms with Crippen LogP contribution in [0.2, 0.25) is 0 Å². The summed E-state index contributed by atoms with van der Waals surface area (Å²) in [5, 5.41) is 29.3. The molecule has 2 aromatic carbocycles. The molecule has 0 radical (unpaired) electrons. The van der Waals surface area contributed by atoms with Crippen LogP contribution in [0.4, 0.5) is 4.39 Å². The molecule has 0 bridgehead atoms. The molecule has 37 heavy (non-hydrogen) atoms. The fraction of sp³-hybridized carbons (Fsp3) is 0.393. The zero-order chi connectivity index (χ0) is 26.5. The van der Waals surface area contributed by atoms with E-state index >= 15 is 0 Å². The third-order valence-electron chi connectivity index (χ3n) is 6.53. The Bertz CT molecular complexity index is 1220. The summed E-state index contributed by atoms with van der Waals surface area (Å²) in [7, 11) is 1.73. The van der Waals surface area contributed by atoms with E-state index in [-0.39, 0.29) is 30.5 Å². The zero-order valence-corrected chi connectivity index (χ0v) is 20.8. The quantitative estimate of drug-likeness (QED) is 0.342. The third kappa shape index (κ3) is 6.81. The van der Waals surface area contributed by atoms with Gasteiger partial charge in [0, 0.05) is 31.6 Å². The van der Waals surface area contributed by atoms with Crippen molar-refractivity contribution in [2.75, 3.05) is 7.05 Å². The van der Waals surface area contributed by atoms with Crippen molar-refractivity contribution in [3.63, 3.8) is 0 Å². The van der Waals surface area contributed by atoms with E-state index in [9.17, 15) is 24.2 Å². The lowest BCUT2D eigenvalue weighted by atomic mass is 10.1. The number of carbonyl (C=O) groups excluding carboxylic acids is 1. The number of aliphatic hydroxyl groups excluding tert-OH is 2. The van der Waals surface area contributed by atoms with E-state index in [1.165, 1.54) is 12.1 Å². The first-order chi connectivity index (χ1) is 17.7. The lowest BCUT2D eigenvalue weighted by Crippen LogP contribution is -2.27. The Balaban J connectivity index is 1.64. The lowest BCUT2D eigenvalue weighted by Gasteiger charge is -2.19. The van der Waals surface area contributed by atoms with Crippen molar-refractivity contribution in [1.29, 1.82) is 0 Å². The molecule has 4 rings (SSSR count). The molecule has 3 N–H and O–H groups in total. The molecule has 1 aliphatic rings. The number of halogens is 1. The highest BCUT2D eigenvalue weighted by molar-refractivity contribution is 5.94. The minimum Gasteiger partial charge on any atom is -0.481 e. The van der Waals surface area contributed by atoms with Crippen molar-refractivity contribution in [3.05, 3.63) is 77.4 Å². The molecular weight excluding hydrogens is 477 g/mol. The molecule has 1 amide bonds. The molecule has 1 aromatic heterocycles. The molecule has 0 unspecified atom stereocenters. The zero-order valence-electron chi connectivity index (χ0n) is 20.8. The average molecular weight is 510 g/mol. The van der Waals surface area contributed by atoms with Crippen molar-refractivity contribution in [2.24, 2.45) is 0 Å². The normalized spacial score (nSPS) is 14.8. The van der Waals surface area contributed by atoms with E-state index in [1.54, 1.807) is 24.1 Å². The summed E-state index contributed by atoms with van der Waals surface area (Å²) in [6.07, 6.45) is -0.550. The second kappa shape index (κ2) is 11.7. The van der Waals surface area contributed by atoms with Crippen LogP contribution in [0.3, 0.4) is 0 Å². The van der Waals surface area contributed by atoms with Crippen molar-refractivity contribution in [2.45, 2.75) is 63.3 Å². The maximum Gasteiger partial charge on any atom is 0.305 e. The predicted molar refractivity (Wildman–Crippen MR) is 135 cm³/mol. The standard InChI is InChI=1S/C28H32FN3O5/c1-31(17-18-5-3-2-4-6-18)28(37)25-26(19-7-8-19)32(14-13-22(33)15-23(34)16-24(35)36)27(30-25)20-9-11-21(29)12-10-20/h2-6,9-12,19,22-23,33-34H,7-8,13-17H2,1H3,(H,35,36)/t22-,23-/m1/s1. The number of hydrogen-bond donors (Lipinski definition) is 3. The molecule has 1 saturated carbocycles. The van der Waals surface area contributed by atoms with Crippen LogP contribution in [0.25, 0.3) is 11.4 Å². The molecule has 0 spiro atoms. The summed E-state index contributed by atoms with van der Waals surface area (Å²) < 4.78 is 15.6. The second-order valence-electron chi connectivity index (χ2n) is 9.68. The fourth-order valence-corrected chi connectivity index (χ4v) is 4.54. The largest absolute Gasteiger partial charge is 0.481 e. The summed E-state index contributed by atoms with van der Waals surface area (Å²) in [5.74, 6) is -1.07. The van der Waals surface area contributed by atoms with Crippen molar-refractivity contribution in [1.82, 2.24) is 14.5 Å². The van der Waals surface area contributed by atoms with E-state index in [4.69, 9.17) is 10.1 Å². The number of nitrogens with zero attached hydrogens (tertiary/aromatic N) is 3. The predicted octanol–water partition coefficient (Wildman–Crippen LogP) is 3.82. The Morgan fingerprint density at radius 3 is 2.38 bits per heavy atom. The highest BCUT2D eigenvalue weighted by atomic mass is 19.1. The number of carboxylic acid groups (broad SMARTS) is 1. The SMILES string of the molecule is CN(Cc1ccccc1)C(=O)c1nc(-c2ccc(F)cc2)n(CC[C@@H](O)C[C@@H](O)CC(=O)O)c1C1CC1. The first-order valence-corrected chi connectivity index (χ1v) is 12.5. The highest BCUT2D eigenvalue weighted by Gasteiger charge is 2.36. The van der Waals surface area contributed by atoms with E-state index < -0.39 is 24.6 Å². The maximum atomic E-state index is 13.6. The van der Waals surface area contributed by atoms with Gasteiger partial charge in [0.15, 0.2) is 5.69 Å². The Labute approximate surface area is 215 Å². The number of carbonyl (C=O) groups is 2. The number of rotatable bonds is 12. The lowest BCUT2D eigenvalue weighted by molar-refractivity contribution is -0.139. The summed E-state index contributed by atoms with van der Waals surface area (Å²) in [6, 6.07) is 15.6. The van der Waals surface area contributed by atoms with Gasteiger partial charge in [-0.25, -0.2) is 9.37 Å². The summed E-state index contributed by atoms with van der Waals surface area (Å²) in [6.45, 7) is 0.727. The highest BCUT2D eigenvalue weighted by Crippen LogP contribution is 2.44. The van der Waals surface area contributed by atoms with Gasteiger partial charge in [0.05, 0.1) is 24.3 Å². The van der Waals surface area contributed by atoms with Gasteiger partial charge in [-0.15, -0.1) is 0 Å². The molecule has 0 aliphatic heterocycles. The Morgan fingerprint density at radius 2 is 1.76 bits per heavy atom. The van der Waals surface area contributed by atoms with Crippen LogP contribution in [0.5, 0.6) is 0 Å². The maximum absolute atomic E-state index is 13.6. The topological polar surface area (TPSA) is 116 Å². The van der Waals surface area contributed by atoms with Crippen LogP contribution < -0.4 is 0 Å². The second-order valence-corrected chi connectivity index (χ2v) is 9.68. The summed E-state index contributed by atoms with van der Waals surface area (Å²) >= 11 is 0. The van der Waals surface area contributed by atoms with E-state index in [1.807, 2.05) is 34.9 Å². The van der Waals surface area contributed by atoms with E-state index in [0.29, 0.717) is 30.2 Å². The van der Waals surface area contributed by atoms with Gasteiger partial charge >= 0.3 is 5.97 Å². The number of aromatic nitrogens is 2. The molecule has 8 nitrogen and oxygen atoms in total. The Morgan fingerprint density at radius 1 is 1.08 bits per heavy atom. The number of benzene rings is 2. The molecular formula is C28H32FN3O5. The molecule has 1 fully saturated rings. The molecule has 2 atom stereocenters. The third-order valence-corrected chi connectivity index (χ3v) is 6.53. The van der Waals surface area contributed by atoms with Crippen LogP contribution in [-0.4, -0.2) is 60.9 Å². The molecule has 1 aliphatic carbocycles. The molecule has 0 saturated heterocycles. The van der Waals surface area contributed by atoms with Crippen LogP contribution in [0, 0.1) is 5.82 Å². The van der Waals surface area contributed by atoms with Gasteiger partial charge in [-0.3, -0.25) is 9.59 Å². The molecule has 1 heterocycles. The van der Waals surface area contributed by atoms with Crippen molar-refractivity contribution in [3.8, 4) is 11.4 Å². The monoisotopic (exact) mass is 509 g/mol. The number of amides is 1. The van der Waals surface area contributed by atoms with Gasteiger partial charge in [0.2, 0.25) is 0 Å². The number of hydrogen-bond acceptors (Lipinski definition) is 5. The summed E-state index contributed by atoms with van der Waals surface area (Å²) in [5.41, 5.74) is 2.78. The first-order valence-electron chi connectivity index (χ1n) is 12.5. The minimum absolute atomic E-state index is 0.0722. The Kier molecular flexibility index (Phi) is 8.35. The van der Waals surface area contributed by atoms with E-state index in [2.05, 4.69) is 0 Å². The van der Waals surface area contributed by atoms with Gasteiger partial charge in [-0.1, -0.05) is 30.3 Å². The molecule has 9 heteroatoms. The Hall–Kier alpha value is -3.56. The van der Waals surface area contributed by atoms with E-state index in [0.717, 1.165) is 24.1 Å². The van der Waals surface area contributed by atoms with Crippen LogP contribution in [0.1, 0.15) is 59.8 Å². The minimum atomic E-state index is -1.15. The summed E-state index contributed by atoms with van der Waals surface area (Å²) in [4.78, 5) is 30.8. The van der Waals surface area contributed by atoms with Crippen molar-refractivity contribution < 1.29 is 29.3 Å². The van der Waals surface area contributed by atoms with Crippen LogP contribution in [0.15, 0.2) is 54.6 Å². The van der Waals surface area contributed by atoms with Crippen LogP contribution in [-0.2, 0) is 17.9 Å². The van der Waals surface area contributed by atoms with Gasteiger partial charge in [-0.2, -0.15) is 0 Å². The number of aliphatic carboxylic acids is 1. The molecule has 196 valence electrons.